The highest BCUT2D eigenvalue weighted by atomic mass is 32.1. The molecule has 0 saturated carbocycles. The van der Waals surface area contributed by atoms with Crippen molar-refractivity contribution < 1.29 is 35.9 Å². The fraction of sp³-hybridized carbons (Fsp3) is 0.514. The molecule has 9 nitrogen and oxygen atoms in total. The van der Waals surface area contributed by atoms with E-state index in [2.05, 4.69) is 9.97 Å². The van der Waals surface area contributed by atoms with Crippen LogP contribution in [-0.4, -0.2) is 82.8 Å². The maximum absolute atomic E-state index is 17.2. The SMILES string of the molecule is CCC(C)C(=O)N1CCC(N(CC)c2nc(OCC34CCCN3CC(F)C4)nc3c(F)c(-c4ccc(F)c5sc(N)c(C#N)c45)c(C(F)(F)F)cc23)C1. The maximum Gasteiger partial charge on any atom is 0.417 e. The average Bonchev–Trinajstić information content (AvgIpc) is 3.90. The third kappa shape index (κ3) is 6.29. The molecule has 2 aromatic heterocycles. The van der Waals surface area contributed by atoms with Crippen molar-refractivity contribution in [3.05, 3.63) is 41.0 Å². The van der Waals surface area contributed by atoms with Gasteiger partial charge in [-0.1, -0.05) is 19.9 Å². The molecule has 7 rings (SSSR count). The van der Waals surface area contributed by atoms with Crippen LogP contribution in [0.2, 0.25) is 0 Å². The van der Waals surface area contributed by atoms with E-state index in [0.717, 1.165) is 24.6 Å². The lowest BCUT2D eigenvalue weighted by atomic mass is 9.92. The Bertz CT molecular complexity index is 2140. The number of rotatable bonds is 9. The van der Waals surface area contributed by atoms with Crippen LogP contribution in [0.15, 0.2) is 18.2 Å². The first-order chi connectivity index (χ1) is 25.2. The summed E-state index contributed by atoms with van der Waals surface area (Å²) >= 11 is 0.684. The second-order valence-electron chi connectivity index (χ2n) is 14.3. The zero-order chi connectivity index (χ0) is 38.0. The molecule has 4 atom stereocenters. The monoisotopic (exact) mass is 759 g/mol. The molecule has 0 bridgehead atoms. The van der Waals surface area contributed by atoms with E-state index >= 15 is 17.6 Å². The maximum atomic E-state index is 17.2. The molecular weight excluding hydrogens is 721 g/mol. The summed E-state index contributed by atoms with van der Waals surface area (Å²) in [6, 6.07) is 3.86. The molecule has 3 aliphatic heterocycles. The Morgan fingerprint density at radius 3 is 2.70 bits per heavy atom. The molecule has 0 spiro atoms. The van der Waals surface area contributed by atoms with Gasteiger partial charge in [0.2, 0.25) is 5.91 Å². The number of hydrogen-bond donors (Lipinski definition) is 1. The number of anilines is 2. The van der Waals surface area contributed by atoms with Crippen molar-refractivity contribution in [3.8, 4) is 23.2 Å². The number of amides is 1. The highest BCUT2D eigenvalue weighted by molar-refractivity contribution is 7.23. The normalized spacial score (nSPS) is 22.5. The second-order valence-corrected chi connectivity index (χ2v) is 15.3. The molecular formula is C37H39F6N7O2S. The van der Waals surface area contributed by atoms with Crippen molar-refractivity contribution in [2.75, 3.05) is 50.0 Å². The molecule has 0 aliphatic carbocycles. The molecule has 282 valence electrons. The number of nitrogens with two attached hydrogens (primary N) is 1. The fourth-order valence-corrected chi connectivity index (χ4v) is 9.33. The molecule has 4 aromatic rings. The van der Waals surface area contributed by atoms with Gasteiger partial charge < -0.3 is 20.3 Å². The van der Waals surface area contributed by atoms with Crippen LogP contribution in [0.3, 0.4) is 0 Å². The number of halogens is 6. The first-order valence-corrected chi connectivity index (χ1v) is 18.6. The van der Waals surface area contributed by atoms with Gasteiger partial charge in [0, 0.05) is 60.9 Å². The lowest BCUT2D eigenvalue weighted by Gasteiger charge is -2.32. The lowest BCUT2D eigenvalue weighted by molar-refractivity contribution is -0.137. The Morgan fingerprint density at radius 2 is 2.00 bits per heavy atom. The summed E-state index contributed by atoms with van der Waals surface area (Å²) < 4.78 is 98.2. The summed E-state index contributed by atoms with van der Waals surface area (Å²) in [5.41, 5.74) is 1.94. The van der Waals surface area contributed by atoms with Crippen LogP contribution in [-0.2, 0) is 11.0 Å². The molecule has 3 aliphatic rings. The van der Waals surface area contributed by atoms with Gasteiger partial charge in [0.05, 0.1) is 21.4 Å². The van der Waals surface area contributed by atoms with Gasteiger partial charge in [0.15, 0.2) is 5.82 Å². The standard InChI is InChI=1S/C37H39F6N7O2S/c1-4-19(3)34(51)48-12-9-21(17-48)50(5-2)33-23-13-25(37(41,42)43)28(22-7-8-26(39)31-27(22)24(15-44)32(45)53-31)29(40)30(23)46-35(47-33)52-18-36-10-6-11-49(36)16-20(38)14-36/h7-8,13,19-21H,4-6,9-12,14,16-18,45H2,1-3H3. The molecule has 5 heterocycles. The van der Waals surface area contributed by atoms with Crippen molar-refractivity contribution in [1.82, 2.24) is 19.8 Å². The van der Waals surface area contributed by atoms with E-state index in [4.69, 9.17) is 10.5 Å². The molecule has 2 aromatic carbocycles. The Hall–Kier alpha value is -4.36. The van der Waals surface area contributed by atoms with E-state index in [-0.39, 0.29) is 94.0 Å². The van der Waals surface area contributed by atoms with Gasteiger partial charge >= 0.3 is 12.2 Å². The summed E-state index contributed by atoms with van der Waals surface area (Å²) in [6.45, 7) is 7.43. The Kier molecular flexibility index (Phi) is 9.63. The number of hydrogen-bond acceptors (Lipinski definition) is 9. The fourth-order valence-electron chi connectivity index (χ4n) is 8.38. The van der Waals surface area contributed by atoms with Gasteiger partial charge in [-0.25, -0.2) is 13.2 Å². The Balaban J connectivity index is 1.43. The number of likely N-dealkylation sites (tertiary alicyclic amines) is 1. The number of fused-ring (bicyclic) bond motifs is 3. The molecule has 3 fully saturated rings. The third-order valence-electron chi connectivity index (χ3n) is 11.2. The third-order valence-corrected chi connectivity index (χ3v) is 12.2. The predicted octanol–water partition coefficient (Wildman–Crippen LogP) is 7.69. The molecule has 16 heteroatoms. The second kappa shape index (κ2) is 13.8. The zero-order valence-electron chi connectivity index (χ0n) is 29.5. The van der Waals surface area contributed by atoms with Crippen molar-refractivity contribution in [1.29, 1.82) is 5.26 Å². The summed E-state index contributed by atoms with van der Waals surface area (Å²) in [5, 5.41) is 9.27. The van der Waals surface area contributed by atoms with Crippen LogP contribution in [0.1, 0.15) is 64.0 Å². The molecule has 4 unspecified atom stereocenters. The minimum Gasteiger partial charge on any atom is -0.461 e. The molecule has 53 heavy (non-hydrogen) atoms. The van der Waals surface area contributed by atoms with E-state index in [1.807, 2.05) is 24.8 Å². The van der Waals surface area contributed by atoms with Crippen molar-refractivity contribution in [2.24, 2.45) is 5.92 Å². The number of likely N-dealkylation sites (N-methyl/N-ethyl adjacent to an activating group) is 1. The number of ether oxygens (including phenoxy) is 1. The van der Waals surface area contributed by atoms with E-state index in [0.29, 0.717) is 43.7 Å². The van der Waals surface area contributed by atoms with Gasteiger partial charge in [-0.2, -0.15) is 28.4 Å². The van der Waals surface area contributed by atoms with E-state index < -0.39 is 46.2 Å². The quantitative estimate of drug-likeness (QED) is 0.173. The van der Waals surface area contributed by atoms with Crippen LogP contribution in [0.25, 0.3) is 32.1 Å². The molecule has 2 N–H and O–H groups in total. The highest BCUT2D eigenvalue weighted by Gasteiger charge is 2.49. The van der Waals surface area contributed by atoms with Crippen LogP contribution < -0.4 is 15.4 Å². The first-order valence-electron chi connectivity index (χ1n) is 17.8. The number of benzene rings is 2. The van der Waals surface area contributed by atoms with Crippen LogP contribution in [0.4, 0.5) is 37.2 Å². The number of nitrogen functional groups attached to an aromatic ring is 1. The molecule has 1 amide bonds. The Labute approximate surface area is 306 Å². The van der Waals surface area contributed by atoms with Crippen LogP contribution in [0.5, 0.6) is 6.01 Å². The number of carbonyl (C=O) groups excluding carboxylic acids is 1. The molecule has 3 saturated heterocycles. The van der Waals surface area contributed by atoms with Gasteiger partial charge in [0.1, 0.15) is 41.0 Å². The minimum atomic E-state index is -5.12. The van der Waals surface area contributed by atoms with E-state index in [1.54, 1.807) is 16.7 Å². The highest BCUT2D eigenvalue weighted by Crippen LogP contribution is 2.48. The number of thiophene rings is 1. The summed E-state index contributed by atoms with van der Waals surface area (Å²) in [6.07, 6.45) is -3.31. The minimum absolute atomic E-state index is 0.0106. The van der Waals surface area contributed by atoms with Gasteiger partial charge in [-0.3, -0.25) is 9.69 Å². The van der Waals surface area contributed by atoms with Crippen molar-refractivity contribution >= 4 is 49.1 Å². The smallest absolute Gasteiger partial charge is 0.417 e. The number of nitrogens with zero attached hydrogens (tertiary/aromatic N) is 6. The van der Waals surface area contributed by atoms with E-state index in [1.165, 1.54) is 0 Å². The number of nitriles is 1. The van der Waals surface area contributed by atoms with Crippen LogP contribution >= 0.6 is 11.3 Å². The summed E-state index contributed by atoms with van der Waals surface area (Å²) in [7, 11) is 0. The predicted molar refractivity (Wildman–Crippen MR) is 190 cm³/mol. The van der Waals surface area contributed by atoms with Crippen LogP contribution in [0, 0.1) is 28.9 Å². The molecule has 0 radical (unpaired) electrons. The number of alkyl halides is 4. The van der Waals surface area contributed by atoms with Gasteiger partial charge in [-0.15, -0.1) is 11.3 Å². The zero-order valence-corrected chi connectivity index (χ0v) is 30.3. The van der Waals surface area contributed by atoms with E-state index in [9.17, 15) is 18.8 Å². The first kappa shape index (κ1) is 37.0. The van der Waals surface area contributed by atoms with Gasteiger partial charge in [0.25, 0.3) is 0 Å². The summed E-state index contributed by atoms with van der Waals surface area (Å²) in [5.74, 6) is -2.44. The number of aromatic nitrogens is 2. The topological polar surface area (TPSA) is 112 Å². The van der Waals surface area contributed by atoms with Gasteiger partial charge in [-0.05, 0) is 56.8 Å². The number of carbonyl (C=O) groups is 1. The van der Waals surface area contributed by atoms with Crippen molar-refractivity contribution in [2.45, 2.75) is 76.8 Å². The largest absolute Gasteiger partial charge is 0.461 e. The Morgan fingerprint density at radius 1 is 1.23 bits per heavy atom. The van der Waals surface area contributed by atoms with Crippen molar-refractivity contribution in [3.63, 3.8) is 0 Å². The average molecular weight is 760 g/mol. The summed E-state index contributed by atoms with van der Waals surface area (Å²) in [4.78, 5) is 27.6. The lowest BCUT2D eigenvalue weighted by Crippen LogP contribution is -2.43.